The van der Waals surface area contributed by atoms with Crippen LogP contribution in [0.1, 0.15) is 23.0 Å². The van der Waals surface area contributed by atoms with E-state index in [4.69, 9.17) is 9.15 Å². The van der Waals surface area contributed by atoms with Crippen LogP contribution < -0.4 is 5.32 Å². The Morgan fingerprint density at radius 2 is 2.00 bits per heavy atom. The van der Waals surface area contributed by atoms with E-state index < -0.39 is 16.0 Å². The van der Waals surface area contributed by atoms with Gasteiger partial charge in [-0.15, -0.1) is 12.4 Å². The van der Waals surface area contributed by atoms with Crippen LogP contribution >= 0.6 is 12.4 Å². The van der Waals surface area contributed by atoms with Crippen LogP contribution in [0.25, 0.3) is 11.0 Å². The van der Waals surface area contributed by atoms with E-state index in [9.17, 15) is 13.2 Å². The molecule has 0 unspecified atom stereocenters. The predicted octanol–water partition coefficient (Wildman–Crippen LogP) is 1.93. The highest BCUT2D eigenvalue weighted by atomic mass is 35.5. The molecule has 0 saturated carbocycles. The van der Waals surface area contributed by atoms with Crippen LogP contribution in [0.2, 0.25) is 0 Å². The van der Waals surface area contributed by atoms with Crippen molar-refractivity contribution in [3.8, 4) is 0 Å². The number of fused-ring (bicyclic) bond motifs is 1. The van der Waals surface area contributed by atoms with Crippen LogP contribution in [-0.2, 0) is 14.8 Å². The van der Waals surface area contributed by atoms with Gasteiger partial charge in [0.05, 0.1) is 11.5 Å². The van der Waals surface area contributed by atoms with Gasteiger partial charge in [0.1, 0.15) is 5.58 Å². The SMILES string of the molecule is CCOC(=O)c1oc2ccc(S(=O)(=O)N3CCNCC3)cc2c1C.Cl. The molecule has 2 heterocycles. The number of benzene rings is 1. The molecular weight excluding hydrogens is 368 g/mol. The number of nitrogens with one attached hydrogen (secondary N) is 1. The fourth-order valence-electron chi connectivity index (χ4n) is 2.79. The van der Waals surface area contributed by atoms with Gasteiger partial charge in [0, 0.05) is 37.1 Å². The van der Waals surface area contributed by atoms with Crippen LogP contribution in [0.3, 0.4) is 0 Å². The number of carbonyl (C=O) groups excluding carboxylic acids is 1. The van der Waals surface area contributed by atoms with Crippen molar-refractivity contribution in [2.45, 2.75) is 18.7 Å². The first-order chi connectivity index (χ1) is 11.4. The molecule has 0 bridgehead atoms. The minimum atomic E-state index is -3.56. The zero-order valence-corrected chi connectivity index (χ0v) is 15.7. The van der Waals surface area contributed by atoms with E-state index in [0.717, 1.165) is 0 Å². The van der Waals surface area contributed by atoms with Crippen LogP contribution in [0.15, 0.2) is 27.5 Å². The van der Waals surface area contributed by atoms with Crippen LogP contribution in [0, 0.1) is 6.92 Å². The molecule has 0 amide bonds. The van der Waals surface area contributed by atoms with Gasteiger partial charge < -0.3 is 14.5 Å². The largest absolute Gasteiger partial charge is 0.460 e. The number of esters is 1. The zero-order valence-electron chi connectivity index (χ0n) is 14.1. The predicted molar refractivity (Wildman–Crippen MR) is 95.8 cm³/mol. The minimum absolute atomic E-state index is 0. The van der Waals surface area contributed by atoms with Crippen molar-refractivity contribution in [3.05, 3.63) is 29.5 Å². The molecule has 9 heteroatoms. The number of furan rings is 1. The number of aryl methyl sites for hydroxylation is 1. The minimum Gasteiger partial charge on any atom is -0.460 e. The third kappa shape index (κ3) is 3.67. The molecule has 0 radical (unpaired) electrons. The summed E-state index contributed by atoms with van der Waals surface area (Å²) in [7, 11) is -3.56. The molecule has 1 aliphatic rings. The number of rotatable bonds is 4. The molecule has 138 valence electrons. The first-order valence-corrected chi connectivity index (χ1v) is 9.30. The summed E-state index contributed by atoms with van der Waals surface area (Å²) in [5, 5.41) is 3.74. The molecular formula is C16H21ClN2O5S. The highest BCUT2D eigenvalue weighted by Crippen LogP contribution is 2.29. The van der Waals surface area contributed by atoms with Gasteiger partial charge in [-0.05, 0) is 32.0 Å². The second kappa shape index (κ2) is 7.74. The monoisotopic (exact) mass is 388 g/mol. The van der Waals surface area contributed by atoms with Gasteiger partial charge in [-0.1, -0.05) is 0 Å². The van der Waals surface area contributed by atoms with E-state index in [0.29, 0.717) is 42.7 Å². The third-order valence-electron chi connectivity index (χ3n) is 4.08. The average Bonchev–Trinajstić information content (AvgIpc) is 2.92. The van der Waals surface area contributed by atoms with Crippen molar-refractivity contribution in [2.24, 2.45) is 0 Å². The van der Waals surface area contributed by atoms with Crippen LogP contribution in [0.4, 0.5) is 0 Å². The van der Waals surface area contributed by atoms with Gasteiger partial charge in [0.25, 0.3) is 0 Å². The highest BCUT2D eigenvalue weighted by molar-refractivity contribution is 7.89. The maximum absolute atomic E-state index is 12.8. The summed E-state index contributed by atoms with van der Waals surface area (Å²) in [5.41, 5.74) is 1.05. The Kier molecular flexibility index (Phi) is 6.10. The lowest BCUT2D eigenvalue weighted by Gasteiger charge is -2.26. The maximum Gasteiger partial charge on any atom is 0.374 e. The Morgan fingerprint density at radius 3 is 2.64 bits per heavy atom. The van der Waals surface area contributed by atoms with Crippen molar-refractivity contribution in [1.29, 1.82) is 0 Å². The zero-order chi connectivity index (χ0) is 17.3. The van der Waals surface area contributed by atoms with Gasteiger partial charge in [-0.2, -0.15) is 4.31 Å². The summed E-state index contributed by atoms with van der Waals surface area (Å²) in [6.07, 6.45) is 0. The number of halogens is 1. The van der Waals surface area contributed by atoms with Crippen LogP contribution in [0.5, 0.6) is 0 Å². The summed E-state index contributed by atoms with van der Waals surface area (Å²) in [4.78, 5) is 12.1. The molecule has 1 N–H and O–H groups in total. The fraction of sp³-hybridized carbons (Fsp3) is 0.438. The Bertz CT molecular complexity index is 872. The van der Waals surface area contributed by atoms with E-state index in [2.05, 4.69) is 5.32 Å². The average molecular weight is 389 g/mol. The van der Waals surface area contributed by atoms with E-state index >= 15 is 0 Å². The van der Waals surface area contributed by atoms with Gasteiger partial charge >= 0.3 is 5.97 Å². The molecule has 0 atom stereocenters. The van der Waals surface area contributed by atoms with Crippen LogP contribution in [-0.4, -0.2) is 51.5 Å². The molecule has 1 aromatic carbocycles. The topological polar surface area (TPSA) is 88.8 Å². The second-order valence-corrected chi connectivity index (χ2v) is 7.53. The lowest BCUT2D eigenvalue weighted by atomic mass is 10.1. The number of sulfonamides is 1. The first kappa shape index (κ1) is 19.7. The van der Waals surface area contributed by atoms with Crippen molar-refractivity contribution >= 4 is 39.4 Å². The highest BCUT2D eigenvalue weighted by Gasteiger charge is 2.27. The second-order valence-electron chi connectivity index (χ2n) is 5.59. The normalized spacial score (nSPS) is 15.8. The van der Waals surface area contributed by atoms with E-state index in [1.54, 1.807) is 26.0 Å². The van der Waals surface area contributed by atoms with Crippen molar-refractivity contribution in [2.75, 3.05) is 32.8 Å². The lowest BCUT2D eigenvalue weighted by Crippen LogP contribution is -2.46. The van der Waals surface area contributed by atoms with Gasteiger partial charge in [-0.3, -0.25) is 0 Å². The molecule has 1 saturated heterocycles. The molecule has 1 aliphatic heterocycles. The van der Waals surface area contributed by atoms with Crippen molar-refractivity contribution in [3.63, 3.8) is 0 Å². The number of carbonyl (C=O) groups is 1. The van der Waals surface area contributed by atoms with E-state index in [1.807, 2.05) is 0 Å². The summed E-state index contributed by atoms with van der Waals surface area (Å²) < 4.78 is 37.5. The summed E-state index contributed by atoms with van der Waals surface area (Å²) in [6.45, 7) is 5.85. The molecule has 0 aliphatic carbocycles. The van der Waals surface area contributed by atoms with E-state index in [-0.39, 0.29) is 29.7 Å². The number of hydrogen-bond acceptors (Lipinski definition) is 6. The summed E-state index contributed by atoms with van der Waals surface area (Å²) in [5.74, 6) is -0.429. The molecule has 0 spiro atoms. The molecule has 1 aromatic heterocycles. The van der Waals surface area contributed by atoms with Gasteiger partial charge in [-0.25, -0.2) is 13.2 Å². The molecule has 1 fully saturated rings. The Labute approximate surface area is 152 Å². The molecule has 7 nitrogen and oxygen atoms in total. The van der Waals surface area contributed by atoms with Gasteiger partial charge in [0.2, 0.25) is 15.8 Å². The molecule has 2 aromatic rings. The Morgan fingerprint density at radius 1 is 1.32 bits per heavy atom. The quantitative estimate of drug-likeness (QED) is 0.805. The third-order valence-corrected chi connectivity index (χ3v) is 5.98. The standard InChI is InChI=1S/C16H20N2O5S.ClH/c1-3-22-16(19)15-11(2)13-10-12(4-5-14(13)23-15)24(20,21)18-8-6-17-7-9-18;/h4-5,10,17H,3,6-9H2,1-2H3;1H. The lowest BCUT2D eigenvalue weighted by molar-refractivity contribution is 0.0491. The maximum atomic E-state index is 12.8. The van der Waals surface area contributed by atoms with E-state index in [1.165, 1.54) is 10.4 Å². The number of nitrogens with zero attached hydrogens (tertiary/aromatic N) is 1. The smallest absolute Gasteiger partial charge is 0.374 e. The first-order valence-electron chi connectivity index (χ1n) is 7.86. The Hall–Kier alpha value is -1.61. The summed E-state index contributed by atoms with van der Waals surface area (Å²) in [6, 6.07) is 4.66. The number of piperazine rings is 1. The summed E-state index contributed by atoms with van der Waals surface area (Å²) >= 11 is 0. The molecule has 3 rings (SSSR count). The number of hydrogen-bond donors (Lipinski definition) is 1. The van der Waals surface area contributed by atoms with Gasteiger partial charge in [0.15, 0.2) is 0 Å². The fourth-order valence-corrected chi connectivity index (χ4v) is 4.25. The Balaban J connectivity index is 0.00000225. The van der Waals surface area contributed by atoms with Crippen molar-refractivity contribution in [1.82, 2.24) is 9.62 Å². The number of ether oxygens (including phenoxy) is 1. The van der Waals surface area contributed by atoms with Crippen molar-refractivity contribution < 1.29 is 22.4 Å². The molecule has 25 heavy (non-hydrogen) atoms.